The Morgan fingerprint density at radius 3 is 2.90 bits per heavy atom. The summed E-state index contributed by atoms with van der Waals surface area (Å²) in [5.41, 5.74) is 4.91. The van der Waals surface area contributed by atoms with Gasteiger partial charge >= 0.3 is 0 Å². The van der Waals surface area contributed by atoms with Gasteiger partial charge in [-0.2, -0.15) is 0 Å². The van der Waals surface area contributed by atoms with Crippen molar-refractivity contribution in [2.45, 2.75) is 13.0 Å². The number of hydrogen-bond donors (Lipinski definition) is 2. The Kier molecular flexibility index (Phi) is 6.11. The molecule has 29 heavy (non-hydrogen) atoms. The summed E-state index contributed by atoms with van der Waals surface area (Å²) in [5, 5.41) is 10.0. The summed E-state index contributed by atoms with van der Waals surface area (Å²) in [6.07, 6.45) is 2.23. The minimum absolute atomic E-state index is 0.0626. The summed E-state index contributed by atoms with van der Waals surface area (Å²) in [5.74, 6) is 6.90. The molecule has 0 unspecified atom stereocenters. The van der Waals surface area contributed by atoms with Crippen LogP contribution in [0.1, 0.15) is 17.5 Å². The van der Waals surface area contributed by atoms with Crippen LogP contribution in [-0.4, -0.2) is 60.0 Å². The van der Waals surface area contributed by atoms with Gasteiger partial charge in [-0.25, -0.2) is 4.98 Å². The maximum Gasteiger partial charge on any atom is 0.138 e. The molecule has 2 aromatic heterocycles. The highest BCUT2D eigenvalue weighted by Crippen LogP contribution is 2.36. The first kappa shape index (κ1) is 19.5. The van der Waals surface area contributed by atoms with Crippen molar-refractivity contribution in [2.75, 3.05) is 40.0 Å². The summed E-state index contributed by atoms with van der Waals surface area (Å²) in [4.78, 5) is 10.5. The highest BCUT2D eigenvalue weighted by atomic mass is 16.5. The Hall–Kier alpha value is -2.85. The van der Waals surface area contributed by atoms with Gasteiger partial charge < -0.3 is 19.6 Å². The van der Waals surface area contributed by atoms with Crippen molar-refractivity contribution in [3.8, 4) is 28.8 Å². The number of hydrogen-bond acceptors (Lipinski definition) is 5. The van der Waals surface area contributed by atoms with E-state index in [2.05, 4.69) is 38.8 Å². The van der Waals surface area contributed by atoms with E-state index in [9.17, 15) is 0 Å². The van der Waals surface area contributed by atoms with Gasteiger partial charge in [-0.05, 0) is 18.2 Å². The lowest BCUT2D eigenvalue weighted by atomic mass is 10.0. The molecule has 0 bridgehead atoms. The summed E-state index contributed by atoms with van der Waals surface area (Å²) in [6.45, 7) is 4.17. The first-order chi connectivity index (χ1) is 14.3. The van der Waals surface area contributed by atoms with Crippen molar-refractivity contribution in [3.05, 3.63) is 47.7 Å². The molecule has 1 aromatic carbocycles. The Morgan fingerprint density at radius 1 is 1.28 bits per heavy atom. The first-order valence-electron chi connectivity index (χ1n) is 9.84. The van der Waals surface area contributed by atoms with Crippen molar-refractivity contribution in [1.82, 2.24) is 14.9 Å². The molecule has 2 N–H and O–H groups in total. The number of nitrogens with zero attached hydrogens (tertiary/aromatic N) is 2. The molecule has 1 aliphatic heterocycles. The molecule has 6 nitrogen and oxygen atoms in total. The molecular weight excluding hydrogens is 366 g/mol. The summed E-state index contributed by atoms with van der Waals surface area (Å²) >= 11 is 0. The average molecular weight is 391 g/mol. The molecule has 3 heterocycles. The van der Waals surface area contributed by atoms with Crippen LogP contribution in [0.4, 0.5) is 0 Å². The van der Waals surface area contributed by atoms with Crippen LogP contribution in [0.15, 0.2) is 36.5 Å². The van der Waals surface area contributed by atoms with Gasteiger partial charge in [0.05, 0.1) is 32.6 Å². The number of H-pyrrole nitrogens is 1. The number of aliphatic hydroxyl groups is 1. The lowest BCUT2D eigenvalue weighted by molar-refractivity contribution is 0.0344. The second kappa shape index (κ2) is 9.10. The third-order valence-corrected chi connectivity index (χ3v) is 5.09. The number of methoxy groups -OCH3 is 1. The Balaban J connectivity index is 1.82. The molecule has 0 aliphatic carbocycles. The maximum absolute atomic E-state index is 8.97. The molecule has 0 atom stereocenters. The lowest BCUT2D eigenvalue weighted by Gasteiger charge is -2.27. The number of nitrogens with one attached hydrogen (secondary N) is 1. The minimum atomic E-state index is 0.0626. The predicted molar refractivity (Wildman–Crippen MR) is 113 cm³/mol. The molecule has 1 fully saturated rings. The van der Waals surface area contributed by atoms with Gasteiger partial charge in [0.15, 0.2) is 0 Å². The van der Waals surface area contributed by atoms with Crippen molar-refractivity contribution in [2.24, 2.45) is 0 Å². The zero-order valence-corrected chi connectivity index (χ0v) is 16.6. The van der Waals surface area contributed by atoms with Gasteiger partial charge in [-0.3, -0.25) is 4.90 Å². The number of ether oxygens (including phenoxy) is 2. The van der Waals surface area contributed by atoms with Gasteiger partial charge in [0, 0.05) is 54.3 Å². The largest absolute Gasteiger partial charge is 0.496 e. The van der Waals surface area contributed by atoms with Crippen molar-refractivity contribution in [3.63, 3.8) is 0 Å². The first-order valence-corrected chi connectivity index (χ1v) is 9.84. The zero-order chi connectivity index (χ0) is 20.1. The number of aromatic nitrogens is 2. The van der Waals surface area contributed by atoms with Gasteiger partial charge in [0.1, 0.15) is 11.4 Å². The number of benzene rings is 1. The smallest absolute Gasteiger partial charge is 0.138 e. The summed E-state index contributed by atoms with van der Waals surface area (Å²) in [6, 6.07) is 10.1. The Bertz CT molecular complexity index is 1040. The third-order valence-electron chi connectivity index (χ3n) is 5.09. The quantitative estimate of drug-likeness (QED) is 0.655. The molecule has 4 rings (SSSR count). The van der Waals surface area contributed by atoms with E-state index in [0.29, 0.717) is 6.42 Å². The highest BCUT2D eigenvalue weighted by Gasteiger charge is 2.20. The monoisotopic (exact) mass is 391 g/mol. The molecule has 150 valence electrons. The molecule has 0 saturated carbocycles. The van der Waals surface area contributed by atoms with E-state index >= 15 is 0 Å². The lowest BCUT2D eigenvalue weighted by Crippen LogP contribution is -2.35. The van der Waals surface area contributed by atoms with Crippen LogP contribution < -0.4 is 4.74 Å². The number of aromatic amines is 1. The van der Waals surface area contributed by atoms with Crippen molar-refractivity contribution >= 4 is 11.0 Å². The van der Waals surface area contributed by atoms with Crippen LogP contribution in [-0.2, 0) is 11.3 Å². The molecule has 0 spiro atoms. The molecular formula is C23H25N3O3. The number of pyridine rings is 1. The van der Waals surface area contributed by atoms with E-state index in [4.69, 9.17) is 14.6 Å². The fourth-order valence-corrected chi connectivity index (χ4v) is 3.64. The topological polar surface area (TPSA) is 70.6 Å². The summed E-state index contributed by atoms with van der Waals surface area (Å²) in [7, 11) is 1.69. The fourth-order valence-electron chi connectivity index (χ4n) is 3.64. The maximum atomic E-state index is 8.97. The van der Waals surface area contributed by atoms with Crippen molar-refractivity contribution < 1.29 is 14.6 Å². The van der Waals surface area contributed by atoms with Gasteiger partial charge in [0.25, 0.3) is 0 Å². The second-order valence-electron chi connectivity index (χ2n) is 6.96. The van der Waals surface area contributed by atoms with Crippen LogP contribution >= 0.6 is 0 Å². The predicted octanol–water partition coefficient (Wildman–Crippen LogP) is 2.80. The molecule has 1 aliphatic rings. The Labute approximate surface area is 170 Å². The van der Waals surface area contributed by atoms with Gasteiger partial charge in [0.2, 0.25) is 0 Å². The van der Waals surface area contributed by atoms with Crippen LogP contribution in [0, 0.1) is 11.8 Å². The molecule has 6 heteroatoms. The number of para-hydroxylation sites is 1. The standard InChI is InChI=1S/C23H25N3O3/c1-28-21-8-3-2-7-18(21)22-20(16-26-9-12-29-13-10-26)19-14-17(6-4-5-11-27)15-24-23(19)25-22/h2-3,7-8,14-15,27H,5,9-13,16H2,1H3,(H,24,25). The van der Waals surface area contributed by atoms with Crippen LogP contribution in [0.2, 0.25) is 0 Å². The highest BCUT2D eigenvalue weighted by molar-refractivity contribution is 5.90. The van der Waals surface area contributed by atoms with E-state index in [-0.39, 0.29) is 6.61 Å². The van der Waals surface area contributed by atoms with Crippen LogP contribution in [0.25, 0.3) is 22.3 Å². The SMILES string of the molecule is COc1ccccc1-c1[nH]c2ncc(C#CCCO)cc2c1CN1CCOCC1. The molecule has 3 aromatic rings. The third kappa shape index (κ3) is 4.28. The zero-order valence-electron chi connectivity index (χ0n) is 16.6. The van der Waals surface area contributed by atoms with Gasteiger partial charge in [-0.15, -0.1) is 0 Å². The minimum Gasteiger partial charge on any atom is -0.496 e. The normalized spacial score (nSPS) is 14.6. The van der Waals surface area contributed by atoms with Crippen molar-refractivity contribution in [1.29, 1.82) is 0 Å². The van der Waals surface area contributed by atoms with E-state index < -0.39 is 0 Å². The molecule has 1 saturated heterocycles. The van der Waals surface area contributed by atoms with E-state index in [0.717, 1.165) is 66.5 Å². The van der Waals surface area contributed by atoms with E-state index in [1.165, 1.54) is 5.56 Å². The van der Waals surface area contributed by atoms with E-state index in [1.54, 1.807) is 13.3 Å². The Morgan fingerprint density at radius 2 is 2.10 bits per heavy atom. The summed E-state index contributed by atoms with van der Waals surface area (Å²) < 4.78 is 11.1. The second-order valence-corrected chi connectivity index (χ2v) is 6.96. The number of fused-ring (bicyclic) bond motifs is 1. The van der Waals surface area contributed by atoms with Gasteiger partial charge in [-0.1, -0.05) is 24.0 Å². The number of aliphatic hydroxyl groups excluding tert-OH is 1. The van der Waals surface area contributed by atoms with Crippen LogP contribution in [0.3, 0.4) is 0 Å². The molecule has 0 amide bonds. The average Bonchev–Trinajstić information content (AvgIpc) is 3.12. The van der Waals surface area contributed by atoms with Crippen LogP contribution in [0.5, 0.6) is 5.75 Å². The number of rotatable bonds is 5. The van der Waals surface area contributed by atoms with E-state index in [1.807, 2.05) is 18.2 Å². The number of morpholine rings is 1. The fraction of sp³-hybridized carbons (Fsp3) is 0.348. The molecule has 0 radical (unpaired) electrons.